The molecule has 0 radical (unpaired) electrons. The van der Waals surface area contributed by atoms with Gasteiger partial charge in [-0.2, -0.15) is 13.8 Å². The number of alkyl halides is 2. The minimum Gasteiger partial charge on any atom is -0.435 e. The third-order valence-corrected chi connectivity index (χ3v) is 3.14. The lowest BCUT2D eigenvalue weighted by atomic mass is 10.2. The zero-order chi connectivity index (χ0) is 14.7. The average molecular weight is 296 g/mol. The summed E-state index contributed by atoms with van der Waals surface area (Å²) in [6, 6.07) is 6.60. The van der Waals surface area contributed by atoms with E-state index in [1.165, 1.54) is 12.1 Å². The fourth-order valence-corrected chi connectivity index (χ4v) is 2.10. The van der Waals surface area contributed by atoms with Gasteiger partial charge >= 0.3 is 12.6 Å². The van der Waals surface area contributed by atoms with Crippen LogP contribution in [0.25, 0.3) is 11.4 Å². The van der Waals surface area contributed by atoms with Crippen LogP contribution in [0.2, 0.25) is 0 Å². The highest BCUT2D eigenvalue weighted by Crippen LogP contribution is 2.23. The maximum atomic E-state index is 12.1. The number of aromatic nitrogens is 2. The number of hydrogen-bond donors (Lipinski definition) is 1. The van der Waals surface area contributed by atoms with Crippen molar-refractivity contribution in [3.8, 4) is 17.1 Å². The van der Waals surface area contributed by atoms with Gasteiger partial charge in [-0.15, -0.1) is 0 Å². The summed E-state index contributed by atoms with van der Waals surface area (Å²) in [6.45, 7) is 0.528. The molecule has 112 valence electrons. The SMILES string of the molecule is FC(F)Oc1ccc(-c2noc(N3CCNCC3)n2)cc1. The Kier molecular flexibility index (Phi) is 3.96. The quantitative estimate of drug-likeness (QED) is 0.927. The first-order chi connectivity index (χ1) is 10.2. The number of ether oxygens (including phenoxy) is 1. The van der Waals surface area contributed by atoms with Crippen LogP contribution in [0.1, 0.15) is 0 Å². The van der Waals surface area contributed by atoms with Gasteiger partial charge < -0.3 is 19.5 Å². The molecule has 0 amide bonds. The van der Waals surface area contributed by atoms with Gasteiger partial charge in [0.25, 0.3) is 0 Å². The molecule has 3 rings (SSSR count). The van der Waals surface area contributed by atoms with Crippen molar-refractivity contribution in [3.05, 3.63) is 24.3 Å². The molecule has 0 saturated carbocycles. The molecule has 1 aromatic carbocycles. The Morgan fingerprint density at radius 3 is 2.57 bits per heavy atom. The number of nitrogens with one attached hydrogen (secondary N) is 1. The van der Waals surface area contributed by atoms with E-state index in [1.807, 2.05) is 4.90 Å². The minimum atomic E-state index is -2.83. The third-order valence-electron chi connectivity index (χ3n) is 3.14. The van der Waals surface area contributed by atoms with Gasteiger partial charge in [0.15, 0.2) is 0 Å². The van der Waals surface area contributed by atoms with Crippen LogP contribution in [-0.4, -0.2) is 42.9 Å². The molecule has 1 aliphatic rings. The Morgan fingerprint density at radius 1 is 1.19 bits per heavy atom. The zero-order valence-electron chi connectivity index (χ0n) is 11.1. The molecular weight excluding hydrogens is 282 g/mol. The Labute approximate surface area is 119 Å². The molecule has 2 heterocycles. The highest BCUT2D eigenvalue weighted by atomic mass is 19.3. The minimum absolute atomic E-state index is 0.0968. The Bertz CT molecular complexity index is 582. The molecule has 0 aliphatic carbocycles. The van der Waals surface area contributed by atoms with Gasteiger partial charge in [-0.1, -0.05) is 5.16 Å². The summed E-state index contributed by atoms with van der Waals surface area (Å²) >= 11 is 0. The lowest BCUT2D eigenvalue weighted by molar-refractivity contribution is -0.0498. The van der Waals surface area contributed by atoms with Gasteiger partial charge in [-0.25, -0.2) is 0 Å². The predicted molar refractivity (Wildman–Crippen MR) is 71.4 cm³/mol. The summed E-state index contributed by atoms with van der Waals surface area (Å²) < 4.78 is 33.7. The first-order valence-electron chi connectivity index (χ1n) is 6.57. The molecule has 8 heteroatoms. The number of rotatable bonds is 4. The maximum absolute atomic E-state index is 12.1. The van der Waals surface area contributed by atoms with Crippen LogP contribution in [0.15, 0.2) is 28.8 Å². The van der Waals surface area contributed by atoms with Gasteiger partial charge in [0.2, 0.25) is 5.82 Å². The Balaban J connectivity index is 1.73. The van der Waals surface area contributed by atoms with Crippen LogP contribution in [0.5, 0.6) is 5.75 Å². The van der Waals surface area contributed by atoms with E-state index >= 15 is 0 Å². The highest BCUT2D eigenvalue weighted by Gasteiger charge is 2.17. The lowest BCUT2D eigenvalue weighted by Gasteiger charge is -2.24. The summed E-state index contributed by atoms with van der Waals surface area (Å²) in [5.41, 5.74) is 0.682. The van der Waals surface area contributed by atoms with E-state index in [9.17, 15) is 8.78 Å². The summed E-state index contributed by atoms with van der Waals surface area (Å²) in [5, 5.41) is 7.15. The molecule has 1 fully saturated rings. The van der Waals surface area contributed by atoms with Gasteiger partial charge in [0.1, 0.15) is 5.75 Å². The molecule has 21 heavy (non-hydrogen) atoms. The van der Waals surface area contributed by atoms with Gasteiger partial charge in [-0.05, 0) is 24.3 Å². The van der Waals surface area contributed by atoms with Crippen molar-refractivity contribution in [2.75, 3.05) is 31.1 Å². The van der Waals surface area contributed by atoms with Crippen molar-refractivity contribution in [1.29, 1.82) is 0 Å². The number of nitrogens with zero attached hydrogens (tertiary/aromatic N) is 3. The molecule has 1 saturated heterocycles. The molecule has 0 atom stereocenters. The molecule has 1 N–H and O–H groups in total. The normalized spacial score (nSPS) is 15.5. The van der Waals surface area contributed by atoms with Gasteiger partial charge in [0, 0.05) is 31.7 Å². The van der Waals surface area contributed by atoms with Crippen LogP contribution in [0.3, 0.4) is 0 Å². The molecule has 6 nitrogen and oxygen atoms in total. The first-order valence-corrected chi connectivity index (χ1v) is 6.57. The van der Waals surface area contributed by atoms with Crippen molar-refractivity contribution in [2.45, 2.75) is 6.61 Å². The van der Waals surface area contributed by atoms with Crippen LogP contribution < -0.4 is 15.0 Å². The molecule has 0 bridgehead atoms. The number of piperazine rings is 1. The molecule has 2 aromatic rings. The monoisotopic (exact) mass is 296 g/mol. The summed E-state index contributed by atoms with van der Waals surface area (Å²) in [6.07, 6.45) is 0. The smallest absolute Gasteiger partial charge is 0.387 e. The second kappa shape index (κ2) is 6.04. The van der Waals surface area contributed by atoms with Crippen molar-refractivity contribution in [1.82, 2.24) is 15.5 Å². The van der Waals surface area contributed by atoms with Crippen LogP contribution in [0.4, 0.5) is 14.8 Å². The van der Waals surface area contributed by atoms with E-state index in [1.54, 1.807) is 12.1 Å². The van der Waals surface area contributed by atoms with Crippen LogP contribution in [0, 0.1) is 0 Å². The predicted octanol–water partition coefficient (Wildman–Crippen LogP) is 1.75. The summed E-state index contributed by atoms with van der Waals surface area (Å²) in [7, 11) is 0. The molecule has 0 unspecified atom stereocenters. The topological polar surface area (TPSA) is 63.4 Å². The second-order valence-corrected chi connectivity index (χ2v) is 4.54. The fraction of sp³-hybridized carbons (Fsp3) is 0.385. The van der Waals surface area contributed by atoms with E-state index in [0.29, 0.717) is 17.4 Å². The Morgan fingerprint density at radius 2 is 1.90 bits per heavy atom. The molecule has 0 spiro atoms. The van der Waals surface area contributed by atoms with Gasteiger partial charge in [0.05, 0.1) is 0 Å². The zero-order valence-corrected chi connectivity index (χ0v) is 11.1. The third kappa shape index (κ3) is 3.27. The number of halogens is 2. The number of benzene rings is 1. The van der Waals surface area contributed by atoms with E-state index in [2.05, 4.69) is 20.2 Å². The van der Waals surface area contributed by atoms with E-state index < -0.39 is 6.61 Å². The number of anilines is 1. The van der Waals surface area contributed by atoms with Crippen LogP contribution in [-0.2, 0) is 0 Å². The van der Waals surface area contributed by atoms with E-state index in [0.717, 1.165) is 26.2 Å². The van der Waals surface area contributed by atoms with E-state index in [4.69, 9.17) is 4.52 Å². The summed E-state index contributed by atoms with van der Waals surface area (Å²) in [5.74, 6) is 0.520. The van der Waals surface area contributed by atoms with Crippen molar-refractivity contribution in [2.24, 2.45) is 0 Å². The van der Waals surface area contributed by atoms with Crippen LogP contribution >= 0.6 is 0 Å². The Hall–Kier alpha value is -2.22. The van der Waals surface area contributed by atoms with E-state index in [-0.39, 0.29) is 5.75 Å². The highest BCUT2D eigenvalue weighted by molar-refractivity contribution is 5.56. The molecule has 1 aromatic heterocycles. The second-order valence-electron chi connectivity index (χ2n) is 4.54. The molecule has 1 aliphatic heterocycles. The first kappa shape index (κ1) is 13.7. The van der Waals surface area contributed by atoms with Gasteiger partial charge in [-0.3, -0.25) is 0 Å². The van der Waals surface area contributed by atoms with Crippen molar-refractivity contribution in [3.63, 3.8) is 0 Å². The molecular formula is C13H14F2N4O2. The maximum Gasteiger partial charge on any atom is 0.387 e. The fourth-order valence-electron chi connectivity index (χ4n) is 2.10. The largest absolute Gasteiger partial charge is 0.435 e. The standard InChI is InChI=1S/C13H14F2N4O2/c14-12(15)20-10-3-1-9(2-4-10)11-17-13(21-18-11)19-7-5-16-6-8-19/h1-4,12,16H,5-8H2. The lowest BCUT2D eigenvalue weighted by Crippen LogP contribution is -2.43. The van der Waals surface area contributed by atoms with Crippen molar-refractivity contribution < 1.29 is 18.0 Å². The summed E-state index contributed by atoms with van der Waals surface area (Å²) in [4.78, 5) is 6.33. The van der Waals surface area contributed by atoms with Crippen molar-refractivity contribution >= 4 is 6.01 Å². The average Bonchev–Trinajstić information content (AvgIpc) is 2.98. The number of hydrogen-bond acceptors (Lipinski definition) is 6.